The maximum absolute atomic E-state index is 12.7. The number of aryl methyl sites for hydroxylation is 1. The number of rotatable bonds is 9. The van der Waals surface area contributed by atoms with Crippen molar-refractivity contribution in [2.75, 3.05) is 23.7 Å². The average Bonchev–Trinajstić information content (AvgIpc) is 3.34. The van der Waals surface area contributed by atoms with Crippen molar-refractivity contribution in [3.05, 3.63) is 101 Å². The van der Waals surface area contributed by atoms with Crippen LogP contribution in [0.3, 0.4) is 0 Å². The van der Waals surface area contributed by atoms with Crippen LogP contribution in [0.5, 0.6) is 0 Å². The summed E-state index contributed by atoms with van der Waals surface area (Å²) in [6.07, 6.45) is 3.75. The number of nitrogens with zero attached hydrogens (tertiary/aromatic N) is 2. The molecule has 0 aliphatic carbocycles. The Morgan fingerprint density at radius 2 is 1.60 bits per heavy atom. The minimum absolute atomic E-state index is 0.153. The molecule has 3 aromatic rings. The van der Waals surface area contributed by atoms with Gasteiger partial charge in [0.25, 0.3) is 5.91 Å². The van der Waals surface area contributed by atoms with Gasteiger partial charge in [-0.25, -0.2) is 8.42 Å². The third-order valence-corrected chi connectivity index (χ3v) is 7.42. The monoisotopic (exact) mass is 491 g/mol. The number of benzene rings is 3. The van der Waals surface area contributed by atoms with Crippen LogP contribution in [0.4, 0.5) is 5.69 Å². The fraction of sp³-hybridized carbons (Fsp3) is 0.321. The van der Waals surface area contributed by atoms with Gasteiger partial charge in [0.15, 0.2) is 0 Å². The zero-order valence-corrected chi connectivity index (χ0v) is 21.2. The molecule has 0 atom stereocenters. The van der Waals surface area contributed by atoms with Gasteiger partial charge in [0, 0.05) is 18.7 Å². The third kappa shape index (κ3) is 6.93. The Bertz CT molecular complexity index is 1270. The Labute approximate surface area is 208 Å². The zero-order chi connectivity index (χ0) is 24.8. The summed E-state index contributed by atoms with van der Waals surface area (Å²) in [6, 6.07) is 22.9. The molecule has 0 aromatic heterocycles. The van der Waals surface area contributed by atoms with E-state index < -0.39 is 10.0 Å². The van der Waals surface area contributed by atoms with E-state index in [0.717, 1.165) is 36.3 Å². The SMILES string of the molecule is Cc1cccc(N(Cc2ccc(C(=O)NCc3cccc(CN4CCCC4)c3)cc2)S(C)(=O)=O)c1. The number of amides is 1. The van der Waals surface area contributed by atoms with Crippen LogP contribution in [0.2, 0.25) is 0 Å². The van der Waals surface area contributed by atoms with Gasteiger partial charge in [0.1, 0.15) is 0 Å². The molecule has 0 saturated carbocycles. The summed E-state index contributed by atoms with van der Waals surface area (Å²) < 4.78 is 26.2. The fourth-order valence-corrected chi connectivity index (χ4v) is 5.31. The summed E-state index contributed by atoms with van der Waals surface area (Å²) in [5.74, 6) is -0.153. The summed E-state index contributed by atoms with van der Waals surface area (Å²) in [5, 5.41) is 2.99. The minimum atomic E-state index is -3.46. The number of anilines is 1. The number of hydrogen-bond acceptors (Lipinski definition) is 4. The molecule has 1 amide bonds. The first-order chi connectivity index (χ1) is 16.8. The highest BCUT2D eigenvalue weighted by atomic mass is 32.2. The summed E-state index contributed by atoms with van der Waals surface area (Å²) in [7, 11) is -3.46. The van der Waals surface area contributed by atoms with Crippen molar-refractivity contribution in [1.29, 1.82) is 0 Å². The van der Waals surface area contributed by atoms with Crippen molar-refractivity contribution < 1.29 is 13.2 Å². The first-order valence-corrected chi connectivity index (χ1v) is 13.8. The lowest BCUT2D eigenvalue weighted by Gasteiger charge is -2.23. The van der Waals surface area contributed by atoms with Crippen molar-refractivity contribution in [2.24, 2.45) is 0 Å². The van der Waals surface area contributed by atoms with Gasteiger partial charge in [-0.2, -0.15) is 0 Å². The summed E-state index contributed by atoms with van der Waals surface area (Å²) in [5.41, 5.74) is 5.32. The molecule has 7 heteroatoms. The molecule has 6 nitrogen and oxygen atoms in total. The van der Waals surface area contributed by atoms with Crippen LogP contribution < -0.4 is 9.62 Å². The Kier molecular flexibility index (Phi) is 7.88. The van der Waals surface area contributed by atoms with Crippen LogP contribution in [0.1, 0.15) is 45.5 Å². The molecule has 0 spiro atoms. The molecule has 1 heterocycles. The van der Waals surface area contributed by atoms with Crippen molar-refractivity contribution in [1.82, 2.24) is 10.2 Å². The van der Waals surface area contributed by atoms with E-state index in [1.807, 2.05) is 37.3 Å². The predicted molar refractivity (Wildman–Crippen MR) is 141 cm³/mol. The number of likely N-dealkylation sites (tertiary alicyclic amines) is 1. The van der Waals surface area contributed by atoms with Crippen LogP contribution in [-0.2, 0) is 29.7 Å². The van der Waals surface area contributed by atoms with Crippen LogP contribution in [0.15, 0.2) is 72.8 Å². The number of hydrogen-bond donors (Lipinski definition) is 1. The van der Waals surface area contributed by atoms with E-state index in [-0.39, 0.29) is 12.5 Å². The Morgan fingerprint density at radius 3 is 2.29 bits per heavy atom. The number of carbonyl (C=O) groups is 1. The fourth-order valence-electron chi connectivity index (χ4n) is 4.43. The third-order valence-electron chi connectivity index (χ3n) is 6.28. The molecule has 1 aliphatic rings. The summed E-state index contributed by atoms with van der Waals surface area (Å²) in [6.45, 7) is 5.86. The van der Waals surface area contributed by atoms with Crippen molar-refractivity contribution in [3.8, 4) is 0 Å². The average molecular weight is 492 g/mol. The summed E-state index contributed by atoms with van der Waals surface area (Å²) in [4.78, 5) is 15.2. The maximum atomic E-state index is 12.7. The second-order valence-corrected chi connectivity index (χ2v) is 11.2. The van der Waals surface area contributed by atoms with Gasteiger partial charge in [-0.1, -0.05) is 48.5 Å². The first kappa shape index (κ1) is 24.9. The van der Waals surface area contributed by atoms with Gasteiger partial charge in [-0.3, -0.25) is 14.0 Å². The van der Waals surface area contributed by atoms with Gasteiger partial charge in [-0.05, 0) is 79.4 Å². The lowest BCUT2D eigenvalue weighted by molar-refractivity contribution is 0.0951. The first-order valence-electron chi connectivity index (χ1n) is 12.0. The second kappa shape index (κ2) is 11.1. The Morgan fingerprint density at radius 1 is 0.914 bits per heavy atom. The molecule has 1 fully saturated rings. The number of sulfonamides is 1. The predicted octanol–water partition coefficient (Wildman–Crippen LogP) is 4.49. The van der Waals surface area contributed by atoms with E-state index in [2.05, 4.69) is 22.3 Å². The Balaban J connectivity index is 1.37. The lowest BCUT2D eigenvalue weighted by Crippen LogP contribution is -2.29. The number of nitrogens with one attached hydrogen (secondary N) is 1. The van der Waals surface area contributed by atoms with Gasteiger partial charge in [-0.15, -0.1) is 0 Å². The lowest BCUT2D eigenvalue weighted by atomic mass is 10.1. The molecule has 1 saturated heterocycles. The molecule has 0 unspecified atom stereocenters. The highest BCUT2D eigenvalue weighted by molar-refractivity contribution is 7.92. The largest absolute Gasteiger partial charge is 0.348 e. The van der Waals surface area contributed by atoms with E-state index in [0.29, 0.717) is 17.8 Å². The van der Waals surface area contributed by atoms with E-state index in [1.165, 1.54) is 29.0 Å². The quantitative estimate of drug-likeness (QED) is 0.479. The molecule has 3 aromatic carbocycles. The van der Waals surface area contributed by atoms with Crippen molar-refractivity contribution in [3.63, 3.8) is 0 Å². The van der Waals surface area contributed by atoms with E-state index in [1.54, 1.807) is 30.3 Å². The van der Waals surface area contributed by atoms with E-state index >= 15 is 0 Å². The highest BCUT2D eigenvalue weighted by Gasteiger charge is 2.18. The standard InChI is InChI=1S/C28H33N3O3S/c1-22-7-5-10-27(17-22)31(35(2,33)34)21-23-11-13-26(14-12-23)28(32)29-19-24-8-6-9-25(18-24)20-30-15-3-4-16-30/h5-14,17-18H,3-4,15-16,19-21H2,1-2H3,(H,29,32). The van der Waals surface area contributed by atoms with Crippen LogP contribution in [0.25, 0.3) is 0 Å². The molecular weight excluding hydrogens is 458 g/mol. The highest BCUT2D eigenvalue weighted by Crippen LogP contribution is 2.22. The van der Waals surface area contributed by atoms with Crippen molar-refractivity contribution >= 4 is 21.6 Å². The topological polar surface area (TPSA) is 69.7 Å². The zero-order valence-electron chi connectivity index (χ0n) is 20.4. The molecule has 1 aliphatic heterocycles. The molecular formula is C28H33N3O3S. The van der Waals surface area contributed by atoms with Crippen LogP contribution >= 0.6 is 0 Å². The molecule has 184 valence electrons. The smallest absolute Gasteiger partial charge is 0.251 e. The van der Waals surface area contributed by atoms with Gasteiger partial charge >= 0.3 is 0 Å². The Hall–Kier alpha value is -3.16. The normalized spacial score (nSPS) is 14.1. The minimum Gasteiger partial charge on any atom is -0.348 e. The second-order valence-electron chi connectivity index (χ2n) is 9.29. The molecule has 0 bridgehead atoms. The maximum Gasteiger partial charge on any atom is 0.251 e. The molecule has 1 N–H and O–H groups in total. The van der Waals surface area contributed by atoms with Crippen molar-refractivity contribution in [2.45, 2.75) is 39.4 Å². The molecule has 4 rings (SSSR count). The van der Waals surface area contributed by atoms with Gasteiger partial charge in [0.05, 0.1) is 18.5 Å². The van der Waals surface area contributed by atoms with Gasteiger partial charge in [0.2, 0.25) is 10.0 Å². The van der Waals surface area contributed by atoms with Gasteiger partial charge < -0.3 is 5.32 Å². The number of carbonyl (C=O) groups excluding carboxylic acids is 1. The molecule has 0 radical (unpaired) electrons. The van der Waals surface area contributed by atoms with Crippen LogP contribution in [0, 0.1) is 6.92 Å². The summed E-state index contributed by atoms with van der Waals surface area (Å²) >= 11 is 0. The van der Waals surface area contributed by atoms with E-state index in [9.17, 15) is 13.2 Å². The molecule has 35 heavy (non-hydrogen) atoms. The van der Waals surface area contributed by atoms with E-state index in [4.69, 9.17) is 0 Å². The van der Waals surface area contributed by atoms with Crippen LogP contribution in [-0.4, -0.2) is 38.6 Å².